The molecule has 31 heavy (non-hydrogen) atoms. The van der Waals surface area contributed by atoms with Crippen LogP contribution in [0.25, 0.3) is 0 Å². The van der Waals surface area contributed by atoms with E-state index in [2.05, 4.69) is 5.32 Å². The molecular formula is C23H29N3O5. The Morgan fingerprint density at radius 3 is 2.42 bits per heavy atom. The highest BCUT2D eigenvalue weighted by molar-refractivity contribution is 5.98. The Morgan fingerprint density at radius 1 is 1.10 bits per heavy atom. The maximum absolute atomic E-state index is 12.9. The average molecular weight is 428 g/mol. The number of benzene rings is 2. The van der Waals surface area contributed by atoms with Crippen molar-refractivity contribution in [3.05, 3.63) is 42.5 Å². The van der Waals surface area contributed by atoms with Gasteiger partial charge in [-0.1, -0.05) is 0 Å². The molecule has 166 valence electrons. The average Bonchev–Trinajstić information content (AvgIpc) is 3.14. The van der Waals surface area contributed by atoms with E-state index in [0.717, 1.165) is 11.4 Å². The lowest BCUT2D eigenvalue weighted by atomic mass is 10.2. The zero-order valence-corrected chi connectivity index (χ0v) is 18.4. The summed E-state index contributed by atoms with van der Waals surface area (Å²) >= 11 is 0. The number of carbonyl (C=O) groups is 2. The van der Waals surface area contributed by atoms with Crippen LogP contribution in [0.4, 0.5) is 16.2 Å². The number of amides is 3. The number of rotatable bonds is 8. The van der Waals surface area contributed by atoms with Crippen molar-refractivity contribution in [2.75, 3.05) is 43.7 Å². The minimum Gasteiger partial charge on any atom is -0.494 e. The van der Waals surface area contributed by atoms with Crippen molar-refractivity contribution in [2.24, 2.45) is 0 Å². The van der Waals surface area contributed by atoms with E-state index in [9.17, 15) is 9.59 Å². The van der Waals surface area contributed by atoms with Crippen molar-refractivity contribution < 1.29 is 23.8 Å². The van der Waals surface area contributed by atoms with Crippen LogP contribution >= 0.6 is 0 Å². The summed E-state index contributed by atoms with van der Waals surface area (Å²) in [6.45, 7) is 5.31. The van der Waals surface area contributed by atoms with Crippen LogP contribution < -0.4 is 29.3 Å². The molecule has 1 heterocycles. The van der Waals surface area contributed by atoms with Gasteiger partial charge in [0.25, 0.3) is 0 Å². The quantitative estimate of drug-likeness (QED) is 0.698. The predicted octanol–water partition coefficient (Wildman–Crippen LogP) is 3.44. The molecule has 1 aliphatic rings. The Morgan fingerprint density at radius 2 is 1.81 bits per heavy atom. The number of anilines is 2. The molecule has 1 atom stereocenters. The number of hydrogen-bond donors (Lipinski definition) is 1. The Bertz CT molecular complexity index is 916. The van der Waals surface area contributed by atoms with Crippen molar-refractivity contribution in [3.8, 4) is 17.2 Å². The van der Waals surface area contributed by atoms with Gasteiger partial charge in [-0.3, -0.25) is 9.69 Å². The Kier molecular flexibility index (Phi) is 7.23. The maximum atomic E-state index is 12.9. The fourth-order valence-electron chi connectivity index (χ4n) is 3.63. The summed E-state index contributed by atoms with van der Waals surface area (Å²) in [4.78, 5) is 28.8. The minimum absolute atomic E-state index is 0.0540. The van der Waals surface area contributed by atoms with Gasteiger partial charge in [0.05, 0.1) is 26.9 Å². The molecule has 3 rings (SSSR count). The van der Waals surface area contributed by atoms with Gasteiger partial charge in [0.15, 0.2) is 11.5 Å². The molecular weight excluding hydrogens is 398 g/mol. The summed E-state index contributed by atoms with van der Waals surface area (Å²) in [5, 5.41) is 2.99. The highest BCUT2D eigenvalue weighted by atomic mass is 16.5. The molecule has 0 unspecified atom stereocenters. The van der Waals surface area contributed by atoms with E-state index in [1.165, 1.54) is 0 Å². The van der Waals surface area contributed by atoms with Crippen LogP contribution in [0.1, 0.15) is 20.3 Å². The van der Waals surface area contributed by atoms with Gasteiger partial charge in [0.2, 0.25) is 5.91 Å². The Hall–Kier alpha value is -3.42. The van der Waals surface area contributed by atoms with Crippen molar-refractivity contribution in [1.82, 2.24) is 5.32 Å². The first-order chi connectivity index (χ1) is 15.0. The molecule has 1 aliphatic heterocycles. The molecule has 0 saturated carbocycles. The van der Waals surface area contributed by atoms with E-state index in [0.29, 0.717) is 36.9 Å². The highest BCUT2D eigenvalue weighted by Gasteiger charge is 2.33. The standard InChI is InChI=1S/C23H29N3O5/c1-5-25(17-7-10-19(11-8-17)31-6-2)23(28)24-16-13-22(27)26(15-16)18-9-12-20(29-3)21(14-18)30-4/h7-12,14,16H,5-6,13,15H2,1-4H3,(H,24,28)/t16-/m0/s1. The lowest BCUT2D eigenvalue weighted by Crippen LogP contribution is -2.46. The van der Waals surface area contributed by atoms with Gasteiger partial charge in [-0.15, -0.1) is 0 Å². The summed E-state index contributed by atoms with van der Waals surface area (Å²) in [5.41, 5.74) is 1.47. The molecule has 8 heteroatoms. The van der Waals surface area contributed by atoms with E-state index in [1.807, 2.05) is 44.2 Å². The van der Waals surface area contributed by atoms with E-state index in [-0.39, 0.29) is 24.4 Å². The summed E-state index contributed by atoms with van der Waals surface area (Å²) in [6, 6.07) is 12.2. The zero-order valence-electron chi connectivity index (χ0n) is 18.4. The molecule has 3 amide bonds. The second-order valence-electron chi connectivity index (χ2n) is 7.07. The SMILES string of the molecule is CCOc1ccc(N(CC)C(=O)N[C@H]2CC(=O)N(c3ccc(OC)c(OC)c3)C2)cc1. The van der Waals surface area contributed by atoms with Crippen LogP contribution in [0.15, 0.2) is 42.5 Å². The topological polar surface area (TPSA) is 80.3 Å². The molecule has 1 fully saturated rings. The van der Waals surface area contributed by atoms with E-state index in [4.69, 9.17) is 14.2 Å². The Balaban J connectivity index is 1.67. The summed E-state index contributed by atoms with van der Waals surface area (Å²) in [7, 11) is 3.12. The summed E-state index contributed by atoms with van der Waals surface area (Å²) in [6.07, 6.45) is 0.237. The van der Waals surface area contributed by atoms with Gasteiger partial charge >= 0.3 is 6.03 Å². The van der Waals surface area contributed by atoms with Crippen LogP contribution in [-0.2, 0) is 4.79 Å². The van der Waals surface area contributed by atoms with Crippen LogP contribution in [0.2, 0.25) is 0 Å². The Labute approximate surface area is 182 Å². The fraction of sp³-hybridized carbons (Fsp3) is 0.391. The largest absolute Gasteiger partial charge is 0.494 e. The number of hydrogen-bond acceptors (Lipinski definition) is 5. The van der Waals surface area contributed by atoms with Crippen molar-refractivity contribution >= 4 is 23.3 Å². The molecule has 1 N–H and O–H groups in total. The van der Waals surface area contributed by atoms with Crippen molar-refractivity contribution in [3.63, 3.8) is 0 Å². The normalized spacial score (nSPS) is 15.5. The number of nitrogens with zero attached hydrogens (tertiary/aromatic N) is 2. The van der Waals surface area contributed by atoms with Crippen molar-refractivity contribution in [2.45, 2.75) is 26.3 Å². The third kappa shape index (κ3) is 5.02. The van der Waals surface area contributed by atoms with Crippen LogP contribution in [0, 0.1) is 0 Å². The van der Waals surface area contributed by atoms with Gasteiger partial charge in [-0.2, -0.15) is 0 Å². The van der Waals surface area contributed by atoms with Crippen LogP contribution in [0.5, 0.6) is 17.2 Å². The first kappa shape index (κ1) is 22.3. The van der Waals surface area contributed by atoms with Crippen molar-refractivity contribution in [1.29, 1.82) is 0 Å². The molecule has 0 aromatic heterocycles. The van der Waals surface area contributed by atoms with Crippen LogP contribution in [-0.4, -0.2) is 51.9 Å². The number of urea groups is 1. The first-order valence-electron chi connectivity index (χ1n) is 10.3. The monoisotopic (exact) mass is 427 g/mol. The lowest BCUT2D eigenvalue weighted by molar-refractivity contribution is -0.117. The minimum atomic E-state index is -0.287. The third-order valence-corrected chi connectivity index (χ3v) is 5.15. The molecule has 8 nitrogen and oxygen atoms in total. The molecule has 1 saturated heterocycles. The molecule has 2 aromatic carbocycles. The van der Waals surface area contributed by atoms with Gasteiger partial charge in [-0.25, -0.2) is 4.79 Å². The van der Waals surface area contributed by atoms with Gasteiger partial charge < -0.3 is 24.4 Å². The molecule has 0 aliphatic carbocycles. The number of methoxy groups -OCH3 is 2. The highest BCUT2D eigenvalue weighted by Crippen LogP contribution is 2.33. The molecule has 0 bridgehead atoms. The van der Waals surface area contributed by atoms with E-state index >= 15 is 0 Å². The third-order valence-electron chi connectivity index (χ3n) is 5.15. The summed E-state index contributed by atoms with van der Waals surface area (Å²) < 4.78 is 16.1. The van der Waals surface area contributed by atoms with Crippen LogP contribution in [0.3, 0.4) is 0 Å². The van der Waals surface area contributed by atoms with E-state index in [1.54, 1.807) is 36.2 Å². The number of nitrogens with one attached hydrogen (secondary N) is 1. The fourth-order valence-corrected chi connectivity index (χ4v) is 3.63. The number of carbonyl (C=O) groups excluding carboxylic acids is 2. The van der Waals surface area contributed by atoms with Gasteiger partial charge in [0.1, 0.15) is 5.75 Å². The first-order valence-corrected chi connectivity index (χ1v) is 10.3. The maximum Gasteiger partial charge on any atom is 0.322 e. The second kappa shape index (κ2) is 10.1. The zero-order chi connectivity index (χ0) is 22.4. The smallest absolute Gasteiger partial charge is 0.322 e. The molecule has 0 radical (unpaired) electrons. The lowest BCUT2D eigenvalue weighted by Gasteiger charge is -2.24. The van der Waals surface area contributed by atoms with E-state index < -0.39 is 0 Å². The second-order valence-corrected chi connectivity index (χ2v) is 7.07. The molecule has 2 aromatic rings. The van der Waals surface area contributed by atoms with Gasteiger partial charge in [-0.05, 0) is 50.2 Å². The number of ether oxygens (including phenoxy) is 3. The van der Waals surface area contributed by atoms with Gasteiger partial charge in [0, 0.05) is 37.0 Å². The summed E-state index contributed by atoms with van der Waals surface area (Å²) in [5.74, 6) is 1.85. The molecule has 0 spiro atoms. The predicted molar refractivity (Wildman–Crippen MR) is 119 cm³/mol.